The highest BCUT2D eigenvalue weighted by atomic mass is 16.4. The van der Waals surface area contributed by atoms with E-state index in [1.807, 2.05) is 4.68 Å². The molecule has 1 aromatic rings. The van der Waals surface area contributed by atoms with Gasteiger partial charge < -0.3 is 5.11 Å². The highest BCUT2D eigenvalue weighted by Crippen LogP contribution is 2.44. The first-order chi connectivity index (χ1) is 8.57. The Morgan fingerprint density at radius 2 is 2.44 bits per heavy atom. The standard InChI is InChI=1S/C13H21N3O2/c1-3-6-16-11(14-9-15-16)8-13(12(17)18)5-4-10(2)7-13/h9-10H,3-8H2,1-2H3,(H,17,18). The Kier molecular flexibility index (Phi) is 3.68. The summed E-state index contributed by atoms with van der Waals surface area (Å²) in [5.41, 5.74) is -0.627. The van der Waals surface area contributed by atoms with Crippen molar-refractivity contribution in [1.29, 1.82) is 0 Å². The molecule has 1 aromatic heterocycles. The summed E-state index contributed by atoms with van der Waals surface area (Å²) in [6, 6.07) is 0. The first-order valence-electron chi connectivity index (χ1n) is 6.67. The van der Waals surface area contributed by atoms with Gasteiger partial charge in [0.25, 0.3) is 0 Å². The maximum absolute atomic E-state index is 11.6. The fraction of sp³-hybridized carbons (Fsp3) is 0.769. The molecule has 0 radical (unpaired) electrons. The molecule has 1 saturated carbocycles. The summed E-state index contributed by atoms with van der Waals surface area (Å²) in [4.78, 5) is 15.8. The maximum Gasteiger partial charge on any atom is 0.310 e. The lowest BCUT2D eigenvalue weighted by molar-refractivity contribution is -0.148. The summed E-state index contributed by atoms with van der Waals surface area (Å²) < 4.78 is 1.84. The van der Waals surface area contributed by atoms with Crippen molar-refractivity contribution >= 4 is 5.97 Å². The zero-order valence-corrected chi connectivity index (χ0v) is 11.1. The second-order valence-electron chi connectivity index (χ2n) is 5.51. The third kappa shape index (κ3) is 2.40. The molecule has 100 valence electrons. The number of carboxylic acids is 1. The number of aliphatic carboxylic acids is 1. The summed E-state index contributed by atoms with van der Waals surface area (Å²) in [7, 11) is 0. The third-order valence-corrected chi connectivity index (χ3v) is 3.94. The number of aromatic nitrogens is 3. The summed E-state index contributed by atoms with van der Waals surface area (Å²) in [6.07, 6.45) is 5.51. The molecular formula is C13H21N3O2. The van der Waals surface area contributed by atoms with Crippen LogP contribution in [0, 0.1) is 11.3 Å². The minimum atomic E-state index is -0.683. The van der Waals surface area contributed by atoms with E-state index in [1.54, 1.807) is 0 Å². The molecule has 2 rings (SSSR count). The molecule has 2 atom stereocenters. The molecule has 1 aliphatic carbocycles. The van der Waals surface area contributed by atoms with Crippen LogP contribution in [0.15, 0.2) is 6.33 Å². The van der Waals surface area contributed by atoms with Gasteiger partial charge in [0.2, 0.25) is 0 Å². The molecule has 1 heterocycles. The molecule has 18 heavy (non-hydrogen) atoms. The largest absolute Gasteiger partial charge is 0.481 e. The molecule has 5 heteroatoms. The van der Waals surface area contributed by atoms with Gasteiger partial charge in [-0.15, -0.1) is 0 Å². The van der Waals surface area contributed by atoms with E-state index in [2.05, 4.69) is 23.9 Å². The molecule has 0 spiro atoms. The smallest absolute Gasteiger partial charge is 0.310 e. The first-order valence-corrected chi connectivity index (χ1v) is 6.67. The summed E-state index contributed by atoms with van der Waals surface area (Å²) in [5.74, 6) is 0.620. The Balaban J connectivity index is 2.19. The van der Waals surface area contributed by atoms with Crippen molar-refractivity contribution < 1.29 is 9.90 Å². The SMILES string of the molecule is CCCn1ncnc1CC1(C(=O)O)CCC(C)C1. The van der Waals surface area contributed by atoms with E-state index >= 15 is 0 Å². The highest BCUT2D eigenvalue weighted by Gasteiger charge is 2.45. The zero-order chi connectivity index (χ0) is 13.2. The van der Waals surface area contributed by atoms with Crippen LogP contribution in [0.4, 0.5) is 0 Å². The van der Waals surface area contributed by atoms with Gasteiger partial charge in [0, 0.05) is 13.0 Å². The number of carboxylic acid groups (broad SMARTS) is 1. The lowest BCUT2D eigenvalue weighted by atomic mass is 9.81. The second-order valence-corrected chi connectivity index (χ2v) is 5.51. The summed E-state index contributed by atoms with van der Waals surface area (Å²) in [6.45, 7) is 5.01. The number of hydrogen-bond acceptors (Lipinski definition) is 3. The van der Waals surface area contributed by atoms with Crippen LogP contribution >= 0.6 is 0 Å². The van der Waals surface area contributed by atoms with Gasteiger partial charge >= 0.3 is 5.97 Å². The van der Waals surface area contributed by atoms with Crippen molar-refractivity contribution in [2.24, 2.45) is 11.3 Å². The lowest BCUT2D eigenvalue weighted by Gasteiger charge is -2.23. The second kappa shape index (κ2) is 5.08. The van der Waals surface area contributed by atoms with Crippen LogP contribution in [0.25, 0.3) is 0 Å². The van der Waals surface area contributed by atoms with E-state index in [1.165, 1.54) is 6.33 Å². The van der Waals surface area contributed by atoms with Crippen LogP contribution in [0.2, 0.25) is 0 Å². The van der Waals surface area contributed by atoms with Crippen molar-refractivity contribution in [3.8, 4) is 0 Å². The minimum Gasteiger partial charge on any atom is -0.481 e. The van der Waals surface area contributed by atoms with Gasteiger partial charge in [0.05, 0.1) is 5.41 Å². The predicted molar refractivity (Wildman–Crippen MR) is 67.1 cm³/mol. The van der Waals surface area contributed by atoms with Gasteiger partial charge in [0.1, 0.15) is 12.2 Å². The Morgan fingerprint density at radius 1 is 1.67 bits per heavy atom. The van der Waals surface area contributed by atoms with E-state index in [9.17, 15) is 9.90 Å². The summed E-state index contributed by atoms with van der Waals surface area (Å²) in [5, 5.41) is 13.7. The fourth-order valence-electron chi connectivity index (χ4n) is 2.95. The topological polar surface area (TPSA) is 68.0 Å². The molecule has 0 aliphatic heterocycles. The van der Waals surface area contributed by atoms with Gasteiger partial charge in [-0.2, -0.15) is 5.10 Å². The Hall–Kier alpha value is -1.39. The van der Waals surface area contributed by atoms with Crippen molar-refractivity contribution in [3.63, 3.8) is 0 Å². The van der Waals surface area contributed by atoms with Crippen LogP contribution in [-0.2, 0) is 17.8 Å². The van der Waals surface area contributed by atoms with Gasteiger partial charge in [-0.25, -0.2) is 4.98 Å². The quantitative estimate of drug-likeness (QED) is 0.870. The molecular weight excluding hydrogens is 230 g/mol. The third-order valence-electron chi connectivity index (χ3n) is 3.94. The number of hydrogen-bond donors (Lipinski definition) is 1. The van der Waals surface area contributed by atoms with Gasteiger partial charge in [-0.3, -0.25) is 9.48 Å². The zero-order valence-electron chi connectivity index (χ0n) is 11.1. The van der Waals surface area contributed by atoms with E-state index in [-0.39, 0.29) is 0 Å². The average molecular weight is 251 g/mol. The molecule has 1 aliphatic rings. The van der Waals surface area contributed by atoms with Crippen LogP contribution in [0.3, 0.4) is 0 Å². The number of rotatable bonds is 5. The average Bonchev–Trinajstić information content (AvgIpc) is 2.89. The number of nitrogens with zero attached hydrogens (tertiary/aromatic N) is 3. The molecule has 0 saturated heterocycles. The van der Waals surface area contributed by atoms with Crippen LogP contribution < -0.4 is 0 Å². The molecule has 0 amide bonds. The monoisotopic (exact) mass is 251 g/mol. The highest BCUT2D eigenvalue weighted by molar-refractivity contribution is 5.75. The van der Waals surface area contributed by atoms with Gasteiger partial charge in [0.15, 0.2) is 0 Å². The van der Waals surface area contributed by atoms with Crippen LogP contribution in [0.5, 0.6) is 0 Å². The van der Waals surface area contributed by atoms with Crippen LogP contribution in [-0.4, -0.2) is 25.8 Å². The van der Waals surface area contributed by atoms with Crippen molar-refractivity contribution in [2.45, 2.75) is 52.5 Å². The minimum absolute atomic E-state index is 0.489. The Bertz CT molecular complexity index is 430. The van der Waals surface area contributed by atoms with E-state index in [0.29, 0.717) is 12.3 Å². The Labute approximate surface area is 107 Å². The maximum atomic E-state index is 11.6. The fourth-order valence-corrected chi connectivity index (χ4v) is 2.95. The molecule has 0 aromatic carbocycles. The van der Waals surface area contributed by atoms with Crippen LogP contribution in [0.1, 0.15) is 45.4 Å². The van der Waals surface area contributed by atoms with Crippen molar-refractivity contribution in [3.05, 3.63) is 12.2 Å². The summed E-state index contributed by atoms with van der Waals surface area (Å²) >= 11 is 0. The van der Waals surface area contributed by atoms with E-state index in [0.717, 1.165) is 38.1 Å². The van der Waals surface area contributed by atoms with Crippen molar-refractivity contribution in [1.82, 2.24) is 14.8 Å². The number of carbonyl (C=O) groups is 1. The van der Waals surface area contributed by atoms with Gasteiger partial charge in [-0.1, -0.05) is 13.8 Å². The molecule has 5 nitrogen and oxygen atoms in total. The van der Waals surface area contributed by atoms with Gasteiger partial charge in [-0.05, 0) is 31.6 Å². The van der Waals surface area contributed by atoms with E-state index < -0.39 is 11.4 Å². The first kappa shape index (κ1) is 13.1. The Morgan fingerprint density at radius 3 is 3.00 bits per heavy atom. The van der Waals surface area contributed by atoms with E-state index in [4.69, 9.17) is 0 Å². The normalized spacial score (nSPS) is 27.6. The predicted octanol–water partition coefficient (Wildman–Crippen LogP) is 2.12. The number of aryl methyl sites for hydroxylation is 1. The molecule has 1 fully saturated rings. The molecule has 2 unspecified atom stereocenters. The van der Waals surface area contributed by atoms with Crippen molar-refractivity contribution in [2.75, 3.05) is 0 Å². The molecule has 1 N–H and O–H groups in total. The lowest BCUT2D eigenvalue weighted by Crippen LogP contribution is -2.32. The molecule has 0 bridgehead atoms.